The Hall–Kier alpha value is -1.66. The zero-order chi connectivity index (χ0) is 13.1. The van der Waals surface area contributed by atoms with Crippen LogP contribution < -0.4 is 4.74 Å². The minimum atomic E-state index is -0.477. The number of esters is 1. The molecule has 18 heavy (non-hydrogen) atoms. The smallest absolute Gasteiger partial charge is 0.357 e. The highest BCUT2D eigenvalue weighted by atomic mass is 35.5. The predicted octanol–water partition coefficient (Wildman–Crippen LogP) is 2.65. The molecule has 0 radical (unpaired) electrons. The van der Waals surface area contributed by atoms with Gasteiger partial charge in [0.15, 0.2) is 5.69 Å². The van der Waals surface area contributed by atoms with Crippen molar-refractivity contribution in [3.63, 3.8) is 0 Å². The molecule has 0 amide bonds. The van der Waals surface area contributed by atoms with Crippen LogP contribution in [0.15, 0.2) is 17.5 Å². The highest BCUT2D eigenvalue weighted by Crippen LogP contribution is 2.30. The molecule has 2 heterocycles. The Kier molecular flexibility index (Phi) is 3.78. The fourth-order valence-corrected chi connectivity index (χ4v) is 2.39. The number of methoxy groups -OCH3 is 2. The van der Waals surface area contributed by atoms with Crippen molar-refractivity contribution >= 4 is 28.9 Å². The van der Waals surface area contributed by atoms with E-state index in [4.69, 9.17) is 16.3 Å². The number of pyridine rings is 1. The van der Waals surface area contributed by atoms with Crippen LogP contribution >= 0.6 is 22.9 Å². The molecule has 0 bridgehead atoms. The van der Waals surface area contributed by atoms with E-state index in [0.29, 0.717) is 16.5 Å². The normalized spacial score (nSPS) is 10.2. The van der Waals surface area contributed by atoms with Crippen LogP contribution in [0.3, 0.4) is 0 Å². The van der Waals surface area contributed by atoms with E-state index in [1.54, 1.807) is 17.5 Å². The third-order valence-corrected chi connectivity index (χ3v) is 3.33. The molecule has 2 aromatic heterocycles. The van der Waals surface area contributed by atoms with E-state index in [1.807, 2.05) is 0 Å². The van der Waals surface area contributed by atoms with Gasteiger partial charge in [-0.25, -0.2) is 14.8 Å². The van der Waals surface area contributed by atoms with E-state index < -0.39 is 5.97 Å². The Bertz CT molecular complexity index is 585. The molecule has 0 saturated carbocycles. The number of carbonyl (C=O) groups excluding carboxylic acids is 1. The Morgan fingerprint density at radius 2 is 2.11 bits per heavy atom. The predicted molar refractivity (Wildman–Crippen MR) is 68.2 cm³/mol. The van der Waals surface area contributed by atoms with Crippen LogP contribution in [0.2, 0.25) is 5.15 Å². The Morgan fingerprint density at radius 1 is 1.33 bits per heavy atom. The molecule has 0 saturated heterocycles. The maximum Gasteiger partial charge on any atom is 0.357 e. The van der Waals surface area contributed by atoms with Crippen molar-refractivity contribution < 1.29 is 14.3 Å². The van der Waals surface area contributed by atoms with Gasteiger partial charge in [0.2, 0.25) is 5.88 Å². The Balaban J connectivity index is 2.37. The molecule has 94 valence electrons. The van der Waals surface area contributed by atoms with Crippen molar-refractivity contribution in [3.05, 3.63) is 28.4 Å². The zero-order valence-corrected chi connectivity index (χ0v) is 11.2. The quantitative estimate of drug-likeness (QED) is 0.640. The van der Waals surface area contributed by atoms with Gasteiger partial charge in [0.1, 0.15) is 10.2 Å². The van der Waals surface area contributed by atoms with Gasteiger partial charge in [-0.05, 0) is 6.07 Å². The molecule has 0 aliphatic rings. The lowest BCUT2D eigenvalue weighted by atomic mass is 10.3. The zero-order valence-electron chi connectivity index (χ0n) is 9.64. The third kappa shape index (κ3) is 2.44. The average molecular weight is 285 g/mol. The summed E-state index contributed by atoms with van der Waals surface area (Å²) >= 11 is 7.32. The van der Waals surface area contributed by atoms with Gasteiger partial charge < -0.3 is 9.47 Å². The van der Waals surface area contributed by atoms with Crippen LogP contribution in [-0.4, -0.2) is 30.2 Å². The minimum absolute atomic E-state index is 0.254. The van der Waals surface area contributed by atoms with E-state index in [9.17, 15) is 4.79 Å². The first-order valence-electron chi connectivity index (χ1n) is 4.90. The molecule has 0 atom stereocenters. The van der Waals surface area contributed by atoms with E-state index in [2.05, 4.69) is 14.7 Å². The van der Waals surface area contributed by atoms with E-state index >= 15 is 0 Å². The van der Waals surface area contributed by atoms with Crippen LogP contribution in [0, 0.1) is 0 Å². The second-order valence-electron chi connectivity index (χ2n) is 3.22. The monoisotopic (exact) mass is 284 g/mol. The van der Waals surface area contributed by atoms with Gasteiger partial charge in [0, 0.05) is 17.0 Å². The first-order chi connectivity index (χ1) is 8.65. The molecular weight excluding hydrogens is 276 g/mol. The van der Waals surface area contributed by atoms with Gasteiger partial charge in [-0.3, -0.25) is 0 Å². The van der Waals surface area contributed by atoms with E-state index in [-0.39, 0.29) is 10.8 Å². The molecule has 2 rings (SSSR count). The summed E-state index contributed by atoms with van der Waals surface area (Å²) in [5.41, 5.74) is 0.905. The van der Waals surface area contributed by atoms with E-state index in [1.165, 1.54) is 25.6 Å². The van der Waals surface area contributed by atoms with Crippen molar-refractivity contribution in [1.82, 2.24) is 9.97 Å². The van der Waals surface area contributed by atoms with Crippen LogP contribution in [-0.2, 0) is 4.74 Å². The summed E-state index contributed by atoms with van der Waals surface area (Å²) in [4.78, 5) is 19.5. The number of hydrogen-bond acceptors (Lipinski definition) is 6. The van der Waals surface area contributed by atoms with Gasteiger partial charge >= 0.3 is 5.97 Å². The molecule has 0 N–H and O–H groups in total. The molecule has 0 unspecified atom stereocenters. The van der Waals surface area contributed by atoms with Gasteiger partial charge in [-0.1, -0.05) is 11.6 Å². The molecule has 2 aromatic rings. The number of nitrogens with zero attached hydrogens (tertiary/aromatic N) is 2. The first kappa shape index (κ1) is 12.8. The topological polar surface area (TPSA) is 61.3 Å². The number of halogens is 1. The highest BCUT2D eigenvalue weighted by Gasteiger charge is 2.14. The van der Waals surface area contributed by atoms with Crippen molar-refractivity contribution in [2.45, 2.75) is 0 Å². The second kappa shape index (κ2) is 5.32. The lowest BCUT2D eigenvalue weighted by Crippen LogP contribution is -2.01. The van der Waals surface area contributed by atoms with Crippen LogP contribution in [0.4, 0.5) is 0 Å². The number of thiazole rings is 1. The van der Waals surface area contributed by atoms with Crippen molar-refractivity contribution in [2.75, 3.05) is 14.2 Å². The number of carbonyl (C=O) groups is 1. The molecule has 5 nitrogen and oxygen atoms in total. The largest absolute Gasteiger partial charge is 0.481 e. The van der Waals surface area contributed by atoms with Gasteiger partial charge in [0.05, 0.1) is 14.2 Å². The standard InChI is InChI=1S/C11H9ClN2O3S/c1-16-8-4-3-6(9(12)14-8)10-13-7(5-18-10)11(15)17-2/h3-5H,1-2H3. The van der Waals surface area contributed by atoms with Gasteiger partial charge in [-0.2, -0.15) is 0 Å². The lowest BCUT2D eigenvalue weighted by molar-refractivity contribution is 0.0595. The summed E-state index contributed by atoms with van der Waals surface area (Å²) in [6, 6.07) is 3.43. The number of rotatable bonds is 3. The van der Waals surface area contributed by atoms with Gasteiger partial charge in [0.25, 0.3) is 0 Å². The van der Waals surface area contributed by atoms with Gasteiger partial charge in [-0.15, -0.1) is 11.3 Å². The Morgan fingerprint density at radius 3 is 2.72 bits per heavy atom. The maximum atomic E-state index is 11.3. The summed E-state index contributed by atoms with van der Waals surface area (Å²) in [5, 5.41) is 2.50. The number of ether oxygens (including phenoxy) is 2. The lowest BCUT2D eigenvalue weighted by Gasteiger charge is -2.02. The van der Waals surface area contributed by atoms with Crippen molar-refractivity contribution in [1.29, 1.82) is 0 Å². The second-order valence-corrected chi connectivity index (χ2v) is 4.44. The van der Waals surface area contributed by atoms with Crippen molar-refractivity contribution in [3.8, 4) is 16.5 Å². The summed E-state index contributed by atoms with van der Waals surface area (Å²) in [5.74, 6) is -0.0522. The molecule has 0 aliphatic carbocycles. The summed E-state index contributed by atoms with van der Waals surface area (Å²) in [7, 11) is 2.82. The molecule has 0 aliphatic heterocycles. The highest BCUT2D eigenvalue weighted by molar-refractivity contribution is 7.13. The summed E-state index contributed by atoms with van der Waals surface area (Å²) < 4.78 is 9.55. The SMILES string of the molecule is COC(=O)c1csc(-c2ccc(OC)nc2Cl)n1. The van der Waals surface area contributed by atoms with Crippen molar-refractivity contribution in [2.24, 2.45) is 0 Å². The van der Waals surface area contributed by atoms with Crippen LogP contribution in [0.5, 0.6) is 5.88 Å². The summed E-state index contributed by atoms with van der Waals surface area (Å²) in [6.07, 6.45) is 0. The maximum absolute atomic E-state index is 11.3. The fraction of sp³-hybridized carbons (Fsp3) is 0.182. The molecular formula is C11H9ClN2O3S. The molecule has 0 aromatic carbocycles. The number of aromatic nitrogens is 2. The van der Waals surface area contributed by atoms with E-state index in [0.717, 1.165) is 0 Å². The third-order valence-electron chi connectivity index (χ3n) is 2.16. The fourth-order valence-electron chi connectivity index (χ4n) is 1.29. The van der Waals surface area contributed by atoms with Crippen LogP contribution in [0.1, 0.15) is 10.5 Å². The number of hydrogen-bond donors (Lipinski definition) is 0. The molecule has 0 fully saturated rings. The Labute approximate surface area is 112 Å². The van der Waals surface area contributed by atoms with Crippen LogP contribution in [0.25, 0.3) is 10.6 Å². The summed E-state index contributed by atoms with van der Waals surface area (Å²) in [6.45, 7) is 0. The molecule has 7 heteroatoms. The minimum Gasteiger partial charge on any atom is -0.481 e. The first-order valence-corrected chi connectivity index (χ1v) is 6.16. The molecule has 0 spiro atoms. The average Bonchev–Trinajstić information content (AvgIpc) is 2.87.